The topological polar surface area (TPSA) is 84.4 Å². The Kier molecular flexibility index (Phi) is 6.67. The first kappa shape index (κ1) is 23.2. The zero-order chi connectivity index (χ0) is 23.6. The minimum Gasteiger partial charge on any atom is -0.478 e. The number of aromatic nitrogens is 2. The SMILES string of the molecule is CCc1ccccc1N1CC(c2nnc(NC(=O)C(C)(C)Oc3ccc(Cl)cc3)s2)CC1=O. The molecule has 33 heavy (non-hydrogen) atoms. The Hall–Kier alpha value is -2.97. The minimum atomic E-state index is -1.14. The maximum absolute atomic E-state index is 12.8. The third-order valence-electron chi connectivity index (χ3n) is 5.53. The van der Waals surface area contributed by atoms with Crippen molar-refractivity contribution in [1.29, 1.82) is 0 Å². The number of para-hydroxylation sites is 1. The summed E-state index contributed by atoms with van der Waals surface area (Å²) in [6, 6.07) is 14.8. The zero-order valence-corrected chi connectivity index (χ0v) is 20.2. The number of carbonyl (C=O) groups excluding carboxylic acids is 2. The van der Waals surface area contributed by atoms with Crippen molar-refractivity contribution < 1.29 is 14.3 Å². The molecule has 0 bridgehead atoms. The van der Waals surface area contributed by atoms with E-state index in [2.05, 4.69) is 22.4 Å². The number of aryl methyl sites for hydroxylation is 1. The summed E-state index contributed by atoms with van der Waals surface area (Å²) in [6.45, 7) is 5.98. The molecule has 1 atom stereocenters. The summed E-state index contributed by atoms with van der Waals surface area (Å²) in [7, 11) is 0. The first-order valence-corrected chi connectivity index (χ1v) is 11.9. The normalized spacial score (nSPS) is 16.2. The van der Waals surface area contributed by atoms with Crippen LogP contribution in [0.3, 0.4) is 0 Å². The van der Waals surface area contributed by atoms with Crippen LogP contribution in [-0.2, 0) is 16.0 Å². The predicted octanol–water partition coefficient (Wildman–Crippen LogP) is 5.07. The van der Waals surface area contributed by atoms with Gasteiger partial charge < -0.3 is 9.64 Å². The van der Waals surface area contributed by atoms with Crippen molar-refractivity contribution in [3.63, 3.8) is 0 Å². The van der Waals surface area contributed by atoms with E-state index in [1.54, 1.807) is 38.1 Å². The highest BCUT2D eigenvalue weighted by Crippen LogP contribution is 2.35. The average molecular weight is 485 g/mol. The number of hydrogen-bond donors (Lipinski definition) is 1. The number of benzene rings is 2. The van der Waals surface area contributed by atoms with E-state index in [0.717, 1.165) is 22.7 Å². The van der Waals surface area contributed by atoms with E-state index in [9.17, 15) is 9.59 Å². The molecule has 0 spiro atoms. The van der Waals surface area contributed by atoms with Gasteiger partial charge in [-0.3, -0.25) is 14.9 Å². The number of anilines is 2. The van der Waals surface area contributed by atoms with Crippen molar-refractivity contribution in [3.8, 4) is 5.75 Å². The Labute approximate surface area is 201 Å². The molecule has 1 unspecified atom stereocenters. The van der Waals surface area contributed by atoms with Crippen molar-refractivity contribution in [2.75, 3.05) is 16.8 Å². The fourth-order valence-electron chi connectivity index (χ4n) is 3.72. The molecule has 2 heterocycles. The Bertz CT molecular complexity index is 1160. The highest BCUT2D eigenvalue weighted by Gasteiger charge is 2.35. The quantitative estimate of drug-likeness (QED) is 0.506. The van der Waals surface area contributed by atoms with Gasteiger partial charge in [0, 0.05) is 29.6 Å². The molecule has 1 N–H and O–H groups in total. The maximum atomic E-state index is 12.8. The van der Waals surface area contributed by atoms with Gasteiger partial charge in [-0.2, -0.15) is 0 Å². The van der Waals surface area contributed by atoms with Crippen molar-refractivity contribution in [2.45, 2.75) is 45.1 Å². The van der Waals surface area contributed by atoms with Gasteiger partial charge in [0.15, 0.2) is 5.60 Å². The molecule has 0 aliphatic carbocycles. The van der Waals surface area contributed by atoms with Crippen LogP contribution in [-0.4, -0.2) is 34.2 Å². The summed E-state index contributed by atoms with van der Waals surface area (Å²) in [6.07, 6.45) is 1.22. The van der Waals surface area contributed by atoms with Gasteiger partial charge in [-0.1, -0.05) is 48.1 Å². The molecule has 1 aliphatic heterocycles. The summed E-state index contributed by atoms with van der Waals surface area (Å²) in [4.78, 5) is 27.4. The molecule has 1 aliphatic rings. The molecule has 9 heteroatoms. The molecular formula is C24H25ClN4O3S. The van der Waals surface area contributed by atoms with Crippen LogP contribution >= 0.6 is 22.9 Å². The Morgan fingerprint density at radius 1 is 1.21 bits per heavy atom. The first-order chi connectivity index (χ1) is 15.8. The Morgan fingerprint density at radius 3 is 2.67 bits per heavy atom. The van der Waals surface area contributed by atoms with Crippen LogP contribution in [0.5, 0.6) is 5.75 Å². The van der Waals surface area contributed by atoms with E-state index in [1.165, 1.54) is 11.3 Å². The lowest BCUT2D eigenvalue weighted by atomic mass is 10.1. The van der Waals surface area contributed by atoms with E-state index in [0.29, 0.717) is 28.9 Å². The van der Waals surface area contributed by atoms with Gasteiger partial charge in [0.2, 0.25) is 11.0 Å². The highest BCUT2D eigenvalue weighted by atomic mass is 35.5. The van der Waals surface area contributed by atoms with Gasteiger partial charge >= 0.3 is 0 Å². The molecule has 4 rings (SSSR count). The molecule has 2 aromatic carbocycles. The molecule has 172 valence electrons. The van der Waals surface area contributed by atoms with Gasteiger partial charge in [-0.05, 0) is 56.2 Å². The summed E-state index contributed by atoms with van der Waals surface area (Å²) in [5.41, 5.74) is 0.954. The van der Waals surface area contributed by atoms with Crippen molar-refractivity contribution in [1.82, 2.24) is 10.2 Å². The van der Waals surface area contributed by atoms with Gasteiger partial charge in [0.05, 0.1) is 0 Å². The first-order valence-electron chi connectivity index (χ1n) is 10.7. The van der Waals surface area contributed by atoms with Crippen LogP contribution < -0.4 is 15.0 Å². The predicted molar refractivity (Wildman–Crippen MR) is 130 cm³/mol. The van der Waals surface area contributed by atoms with E-state index in [1.807, 2.05) is 29.2 Å². The summed E-state index contributed by atoms with van der Waals surface area (Å²) in [5, 5.41) is 12.9. The Balaban J connectivity index is 1.42. The van der Waals surface area contributed by atoms with Crippen molar-refractivity contribution in [2.24, 2.45) is 0 Å². The number of rotatable bonds is 7. The van der Waals surface area contributed by atoms with E-state index in [-0.39, 0.29) is 17.7 Å². The molecule has 7 nitrogen and oxygen atoms in total. The lowest BCUT2D eigenvalue weighted by molar-refractivity contribution is -0.128. The molecular weight excluding hydrogens is 460 g/mol. The standard InChI is InChI=1S/C24H25ClN4O3S/c1-4-15-7-5-6-8-19(15)29-14-16(13-20(29)30)21-27-28-23(33-21)26-22(31)24(2,3)32-18-11-9-17(25)10-12-18/h5-12,16H,4,13-14H2,1-3H3,(H,26,28,31). The summed E-state index contributed by atoms with van der Waals surface area (Å²) in [5.74, 6) is 0.193. The number of ether oxygens (including phenoxy) is 1. The molecule has 1 saturated heterocycles. The van der Waals surface area contributed by atoms with E-state index < -0.39 is 5.60 Å². The van der Waals surface area contributed by atoms with Crippen molar-refractivity contribution in [3.05, 3.63) is 64.1 Å². The second-order valence-electron chi connectivity index (χ2n) is 8.35. The third kappa shape index (κ3) is 5.17. The monoisotopic (exact) mass is 484 g/mol. The van der Waals surface area contributed by atoms with Gasteiger partial charge in [-0.25, -0.2) is 0 Å². The second kappa shape index (κ2) is 9.49. The van der Waals surface area contributed by atoms with Crippen LogP contribution in [0.15, 0.2) is 48.5 Å². The van der Waals surface area contributed by atoms with Crippen LogP contribution in [0, 0.1) is 0 Å². The number of nitrogens with zero attached hydrogens (tertiary/aromatic N) is 3. The number of halogens is 1. The fraction of sp³-hybridized carbons (Fsp3) is 0.333. The summed E-state index contributed by atoms with van der Waals surface area (Å²) >= 11 is 7.19. The third-order valence-corrected chi connectivity index (χ3v) is 6.79. The molecule has 3 aromatic rings. The number of hydrogen-bond acceptors (Lipinski definition) is 6. The van der Waals surface area contributed by atoms with Crippen LogP contribution in [0.4, 0.5) is 10.8 Å². The van der Waals surface area contributed by atoms with Gasteiger partial charge in [0.25, 0.3) is 5.91 Å². The van der Waals surface area contributed by atoms with Crippen molar-refractivity contribution >= 4 is 45.6 Å². The summed E-state index contributed by atoms with van der Waals surface area (Å²) < 4.78 is 5.83. The van der Waals surface area contributed by atoms with Crippen LogP contribution in [0.1, 0.15) is 43.7 Å². The Morgan fingerprint density at radius 2 is 1.94 bits per heavy atom. The zero-order valence-electron chi connectivity index (χ0n) is 18.7. The second-order valence-corrected chi connectivity index (χ2v) is 9.80. The lowest BCUT2D eigenvalue weighted by Crippen LogP contribution is -2.42. The number of nitrogens with one attached hydrogen (secondary N) is 1. The lowest BCUT2D eigenvalue weighted by Gasteiger charge is -2.24. The molecule has 1 fully saturated rings. The van der Waals surface area contributed by atoms with Crippen LogP contribution in [0.2, 0.25) is 5.02 Å². The number of amides is 2. The molecule has 0 saturated carbocycles. The smallest absolute Gasteiger partial charge is 0.269 e. The largest absolute Gasteiger partial charge is 0.478 e. The minimum absolute atomic E-state index is 0.0658. The van der Waals surface area contributed by atoms with E-state index >= 15 is 0 Å². The fourth-order valence-corrected chi connectivity index (χ4v) is 4.68. The highest BCUT2D eigenvalue weighted by molar-refractivity contribution is 7.15. The molecule has 1 aromatic heterocycles. The van der Waals surface area contributed by atoms with Gasteiger partial charge in [-0.15, -0.1) is 10.2 Å². The van der Waals surface area contributed by atoms with E-state index in [4.69, 9.17) is 16.3 Å². The number of carbonyl (C=O) groups is 2. The molecule has 2 amide bonds. The van der Waals surface area contributed by atoms with Gasteiger partial charge in [0.1, 0.15) is 10.8 Å². The molecule has 0 radical (unpaired) electrons. The van der Waals surface area contributed by atoms with Crippen LogP contribution in [0.25, 0.3) is 0 Å². The average Bonchev–Trinajstić information content (AvgIpc) is 3.41. The maximum Gasteiger partial charge on any atom is 0.269 e.